The second-order valence-electron chi connectivity index (χ2n) is 3.97. The number of aryl methyl sites for hydroxylation is 1. The summed E-state index contributed by atoms with van der Waals surface area (Å²) in [6.45, 7) is 1.96. The van der Waals surface area contributed by atoms with Crippen LogP contribution in [0.1, 0.15) is 15.9 Å². The smallest absolute Gasteiger partial charge is 0.257 e. The fourth-order valence-electron chi connectivity index (χ4n) is 1.55. The first kappa shape index (κ1) is 13.5. The van der Waals surface area contributed by atoms with Crippen LogP contribution in [0, 0.1) is 6.92 Å². The average Bonchev–Trinajstić information content (AvgIpc) is 2.44. The molecule has 19 heavy (non-hydrogen) atoms. The quantitative estimate of drug-likeness (QED) is 0.600. The number of halogens is 1. The molecule has 0 unspecified atom stereocenters. The van der Waals surface area contributed by atoms with Gasteiger partial charge in [0.2, 0.25) is 0 Å². The second-order valence-corrected chi connectivity index (χ2v) is 4.76. The van der Waals surface area contributed by atoms with E-state index in [-0.39, 0.29) is 5.91 Å². The van der Waals surface area contributed by atoms with E-state index in [0.29, 0.717) is 11.4 Å². The lowest BCUT2D eigenvalue weighted by atomic mass is 10.2. The van der Waals surface area contributed by atoms with Crippen molar-refractivity contribution in [3.05, 3.63) is 52.1 Å². The monoisotopic (exact) mass is 320 g/mol. The lowest BCUT2D eigenvalue weighted by Crippen LogP contribution is -2.14. The summed E-state index contributed by atoms with van der Waals surface area (Å²) < 4.78 is 0.872. The van der Waals surface area contributed by atoms with Crippen LogP contribution >= 0.6 is 15.9 Å². The molecule has 0 bridgehead atoms. The minimum atomic E-state index is -0.220. The Hall–Kier alpha value is -1.92. The molecule has 0 aliphatic rings. The average molecular weight is 321 g/mol. The largest absolute Gasteiger partial charge is 0.321 e. The molecule has 1 amide bonds. The van der Waals surface area contributed by atoms with E-state index in [4.69, 9.17) is 5.84 Å². The van der Waals surface area contributed by atoms with Crippen LogP contribution < -0.4 is 16.6 Å². The van der Waals surface area contributed by atoms with E-state index in [2.05, 4.69) is 31.7 Å². The molecule has 0 aliphatic carbocycles. The third-order valence-electron chi connectivity index (χ3n) is 2.61. The van der Waals surface area contributed by atoms with Crippen LogP contribution in [0.4, 0.5) is 11.5 Å². The van der Waals surface area contributed by atoms with Gasteiger partial charge in [-0.1, -0.05) is 12.1 Å². The van der Waals surface area contributed by atoms with E-state index in [9.17, 15) is 4.79 Å². The number of nitrogens with zero attached hydrogens (tertiary/aromatic N) is 1. The van der Waals surface area contributed by atoms with Crippen LogP contribution in [-0.4, -0.2) is 10.9 Å². The third kappa shape index (κ3) is 3.10. The molecule has 5 nitrogen and oxygen atoms in total. The van der Waals surface area contributed by atoms with Gasteiger partial charge < -0.3 is 10.7 Å². The summed E-state index contributed by atoms with van der Waals surface area (Å²) in [7, 11) is 0. The molecule has 0 radical (unpaired) electrons. The predicted octanol–water partition coefficient (Wildman–Crippen LogP) is 2.69. The number of nitrogens with two attached hydrogens (primary N) is 1. The molecular weight excluding hydrogens is 308 g/mol. The Bertz CT molecular complexity index is 598. The number of amides is 1. The highest BCUT2D eigenvalue weighted by atomic mass is 79.9. The molecule has 0 fully saturated rings. The van der Waals surface area contributed by atoms with Crippen LogP contribution in [-0.2, 0) is 0 Å². The third-order valence-corrected chi connectivity index (χ3v) is 3.67. The van der Waals surface area contributed by atoms with Crippen molar-refractivity contribution in [3.63, 3.8) is 0 Å². The number of rotatable bonds is 3. The molecule has 1 aromatic carbocycles. The summed E-state index contributed by atoms with van der Waals surface area (Å²) >= 11 is 3.45. The molecule has 2 aromatic rings. The van der Waals surface area contributed by atoms with Gasteiger partial charge in [-0.2, -0.15) is 0 Å². The zero-order chi connectivity index (χ0) is 13.8. The SMILES string of the molecule is Cc1cccc(NC(=O)c2ccc(NN)nc2)c1Br. The summed E-state index contributed by atoms with van der Waals surface area (Å²) in [5.74, 6) is 5.50. The van der Waals surface area contributed by atoms with Crippen molar-refractivity contribution in [1.82, 2.24) is 4.98 Å². The van der Waals surface area contributed by atoms with Crippen molar-refractivity contribution < 1.29 is 4.79 Å². The van der Waals surface area contributed by atoms with Gasteiger partial charge in [-0.3, -0.25) is 4.79 Å². The van der Waals surface area contributed by atoms with Crippen molar-refractivity contribution >= 4 is 33.3 Å². The highest BCUT2D eigenvalue weighted by Crippen LogP contribution is 2.26. The first-order valence-corrected chi connectivity index (χ1v) is 6.40. The van der Waals surface area contributed by atoms with E-state index in [1.807, 2.05) is 25.1 Å². The van der Waals surface area contributed by atoms with E-state index in [1.165, 1.54) is 6.20 Å². The highest BCUT2D eigenvalue weighted by molar-refractivity contribution is 9.10. The molecule has 1 aromatic heterocycles. The number of hydrazine groups is 1. The molecule has 0 saturated heterocycles. The van der Waals surface area contributed by atoms with E-state index < -0.39 is 0 Å². The number of carbonyl (C=O) groups is 1. The number of hydrogen-bond donors (Lipinski definition) is 3. The van der Waals surface area contributed by atoms with Crippen molar-refractivity contribution in [2.45, 2.75) is 6.92 Å². The van der Waals surface area contributed by atoms with Gasteiger partial charge in [0, 0.05) is 10.7 Å². The molecule has 98 valence electrons. The molecule has 4 N–H and O–H groups in total. The standard InChI is InChI=1S/C13H13BrN4O/c1-8-3-2-4-10(12(8)14)17-13(19)9-5-6-11(18-15)16-7-9/h2-7H,15H2,1H3,(H,16,18)(H,17,19). The molecule has 0 atom stereocenters. The molecule has 0 saturated carbocycles. The lowest BCUT2D eigenvalue weighted by Gasteiger charge is -2.09. The second kappa shape index (κ2) is 5.81. The lowest BCUT2D eigenvalue weighted by molar-refractivity contribution is 0.102. The van der Waals surface area contributed by atoms with Gasteiger partial charge >= 0.3 is 0 Å². The predicted molar refractivity (Wildman–Crippen MR) is 78.9 cm³/mol. The van der Waals surface area contributed by atoms with Crippen LogP contribution in [0.3, 0.4) is 0 Å². The normalized spacial score (nSPS) is 10.1. The fraction of sp³-hybridized carbons (Fsp3) is 0.0769. The van der Waals surface area contributed by atoms with Crippen molar-refractivity contribution in [3.8, 4) is 0 Å². The Kier molecular flexibility index (Phi) is 4.13. The molecule has 2 rings (SSSR count). The molecular formula is C13H13BrN4O. The van der Waals surface area contributed by atoms with E-state index >= 15 is 0 Å². The summed E-state index contributed by atoms with van der Waals surface area (Å²) in [4.78, 5) is 16.0. The van der Waals surface area contributed by atoms with E-state index in [1.54, 1.807) is 12.1 Å². The molecule has 6 heteroatoms. The van der Waals surface area contributed by atoms with Crippen LogP contribution in [0.2, 0.25) is 0 Å². The molecule has 0 aliphatic heterocycles. The maximum atomic E-state index is 12.1. The molecule has 1 heterocycles. The van der Waals surface area contributed by atoms with Crippen molar-refractivity contribution in [1.29, 1.82) is 0 Å². The first-order valence-electron chi connectivity index (χ1n) is 5.61. The van der Waals surface area contributed by atoms with E-state index in [0.717, 1.165) is 15.7 Å². The van der Waals surface area contributed by atoms with Crippen LogP contribution in [0.25, 0.3) is 0 Å². The number of nitrogens with one attached hydrogen (secondary N) is 2. The van der Waals surface area contributed by atoms with Gasteiger partial charge in [-0.25, -0.2) is 10.8 Å². The topological polar surface area (TPSA) is 80.0 Å². The maximum absolute atomic E-state index is 12.1. The minimum absolute atomic E-state index is 0.220. The Balaban J connectivity index is 2.18. The highest BCUT2D eigenvalue weighted by Gasteiger charge is 2.09. The zero-order valence-corrected chi connectivity index (χ0v) is 11.9. The van der Waals surface area contributed by atoms with Gasteiger partial charge in [0.25, 0.3) is 5.91 Å². The summed E-state index contributed by atoms with van der Waals surface area (Å²) in [5, 5.41) is 2.83. The van der Waals surface area contributed by atoms with Crippen molar-refractivity contribution in [2.75, 3.05) is 10.7 Å². The number of hydrogen-bond acceptors (Lipinski definition) is 4. The summed E-state index contributed by atoms with van der Waals surface area (Å²) in [5.41, 5.74) is 4.66. The summed E-state index contributed by atoms with van der Waals surface area (Å²) in [6.07, 6.45) is 1.47. The number of anilines is 2. The Morgan fingerprint density at radius 3 is 2.74 bits per heavy atom. The minimum Gasteiger partial charge on any atom is -0.321 e. The zero-order valence-electron chi connectivity index (χ0n) is 10.3. The van der Waals surface area contributed by atoms with Gasteiger partial charge in [-0.05, 0) is 46.6 Å². The Morgan fingerprint density at radius 1 is 1.32 bits per heavy atom. The number of pyridine rings is 1. The van der Waals surface area contributed by atoms with Gasteiger partial charge in [0.15, 0.2) is 0 Å². The van der Waals surface area contributed by atoms with Gasteiger partial charge in [-0.15, -0.1) is 0 Å². The first-order chi connectivity index (χ1) is 9.11. The summed E-state index contributed by atoms with van der Waals surface area (Å²) in [6, 6.07) is 8.97. The maximum Gasteiger partial charge on any atom is 0.257 e. The Labute approximate surface area is 119 Å². The van der Waals surface area contributed by atoms with Crippen LogP contribution in [0.15, 0.2) is 41.0 Å². The van der Waals surface area contributed by atoms with Gasteiger partial charge in [0.1, 0.15) is 5.82 Å². The van der Waals surface area contributed by atoms with Crippen LogP contribution in [0.5, 0.6) is 0 Å². The number of aromatic nitrogens is 1. The Morgan fingerprint density at radius 2 is 2.11 bits per heavy atom. The number of benzene rings is 1. The van der Waals surface area contributed by atoms with Gasteiger partial charge in [0.05, 0.1) is 11.3 Å². The fourth-order valence-corrected chi connectivity index (χ4v) is 1.92. The molecule has 0 spiro atoms. The number of carbonyl (C=O) groups excluding carboxylic acids is 1. The van der Waals surface area contributed by atoms with Crippen molar-refractivity contribution in [2.24, 2.45) is 5.84 Å². The number of nitrogen functional groups attached to an aromatic ring is 1.